The average Bonchev–Trinajstić information content (AvgIpc) is 2.53. The third-order valence-corrected chi connectivity index (χ3v) is 3.35. The Labute approximate surface area is 91.0 Å². The zero-order valence-corrected chi connectivity index (χ0v) is 9.24. The fraction of sp³-hybridized carbons (Fsp3) is 0.750. The monoisotopic (exact) mass is 208 g/mol. The molecule has 3 nitrogen and oxygen atoms in total. The third-order valence-electron chi connectivity index (χ3n) is 3.35. The van der Waals surface area contributed by atoms with Gasteiger partial charge in [0.1, 0.15) is 6.26 Å². The first-order valence-corrected chi connectivity index (χ1v) is 6.05. The molecule has 1 heterocycles. The molecule has 1 saturated carbocycles. The first kappa shape index (κ1) is 10.7. The summed E-state index contributed by atoms with van der Waals surface area (Å²) in [5.41, 5.74) is 7.98. The highest BCUT2D eigenvalue weighted by Gasteiger charge is 2.19. The predicted molar refractivity (Wildman–Crippen MR) is 59.7 cm³/mol. The molecule has 3 heteroatoms. The van der Waals surface area contributed by atoms with Crippen LogP contribution in [0, 0.1) is 0 Å². The van der Waals surface area contributed by atoms with Crippen LogP contribution >= 0.6 is 0 Å². The van der Waals surface area contributed by atoms with Crippen molar-refractivity contribution in [2.24, 2.45) is 5.73 Å². The van der Waals surface area contributed by atoms with Gasteiger partial charge in [0.15, 0.2) is 0 Å². The van der Waals surface area contributed by atoms with Crippen LogP contribution in [0.2, 0.25) is 0 Å². The van der Waals surface area contributed by atoms with Gasteiger partial charge in [-0.25, -0.2) is 0 Å². The van der Waals surface area contributed by atoms with Crippen molar-refractivity contribution in [3.63, 3.8) is 0 Å². The highest BCUT2D eigenvalue weighted by molar-refractivity contribution is 5.20. The standard InChI is InChI=1S/C12H20N2O/c13-8-7-12-11(9-15-14-12)10-5-3-1-2-4-6-10/h9-10H,1-8,13H2. The van der Waals surface area contributed by atoms with Crippen LogP contribution in [0.5, 0.6) is 0 Å². The maximum Gasteiger partial charge on any atom is 0.127 e. The van der Waals surface area contributed by atoms with Gasteiger partial charge < -0.3 is 10.3 Å². The Balaban J connectivity index is 2.08. The van der Waals surface area contributed by atoms with E-state index in [1.807, 2.05) is 6.26 Å². The Kier molecular flexibility index (Phi) is 3.78. The van der Waals surface area contributed by atoms with E-state index in [0.29, 0.717) is 12.5 Å². The Morgan fingerprint density at radius 3 is 2.67 bits per heavy atom. The second-order valence-corrected chi connectivity index (χ2v) is 4.44. The molecular weight excluding hydrogens is 188 g/mol. The van der Waals surface area contributed by atoms with Gasteiger partial charge in [-0.1, -0.05) is 30.8 Å². The largest absolute Gasteiger partial charge is 0.364 e. The summed E-state index contributed by atoms with van der Waals surface area (Å²) < 4.78 is 5.09. The van der Waals surface area contributed by atoms with Crippen molar-refractivity contribution in [3.8, 4) is 0 Å². The normalized spacial score (nSPS) is 19.0. The molecule has 0 aliphatic heterocycles. The van der Waals surface area contributed by atoms with E-state index in [1.54, 1.807) is 0 Å². The number of hydrogen-bond donors (Lipinski definition) is 1. The van der Waals surface area contributed by atoms with E-state index >= 15 is 0 Å². The van der Waals surface area contributed by atoms with Crippen LogP contribution in [0.4, 0.5) is 0 Å². The molecule has 1 aliphatic carbocycles. The van der Waals surface area contributed by atoms with Crippen molar-refractivity contribution in [3.05, 3.63) is 17.5 Å². The summed E-state index contributed by atoms with van der Waals surface area (Å²) in [5, 5.41) is 4.06. The molecule has 1 aliphatic rings. The van der Waals surface area contributed by atoms with Crippen LogP contribution < -0.4 is 5.73 Å². The van der Waals surface area contributed by atoms with Gasteiger partial charge in [0, 0.05) is 12.0 Å². The molecule has 2 rings (SSSR count). The van der Waals surface area contributed by atoms with E-state index in [9.17, 15) is 0 Å². The molecule has 0 unspecified atom stereocenters. The summed E-state index contributed by atoms with van der Waals surface area (Å²) >= 11 is 0. The number of rotatable bonds is 3. The highest BCUT2D eigenvalue weighted by Crippen LogP contribution is 2.33. The second-order valence-electron chi connectivity index (χ2n) is 4.44. The molecule has 1 aromatic rings. The van der Waals surface area contributed by atoms with E-state index < -0.39 is 0 Å². The lowest BCUT2D eigenvalue weighted by Crippen LogP contribution is -2.07. The van der Waals surface area contributed by atoms with E-state index in [4.69, 9.17) is 10.3 Å². The van der Waals surface area contributed by atoms with E-state index in [1.165, 1.54) is 44.1 Å². The molecule has 15 heavy (non-hydrogen) atoms. The molecule has 2 N–H and O–H groups in total. The first-order chi connectivity index (χ1) is 7.42. The van der Waals surface area contributed by atoms with Crippen molar-refractivity contribution in [2.75, 3.05) is 6.54 Å². The van der Waals surface area contributed by atoms with Gasteiger partial charge in [0.05, 0.1) is 5.69 Å². The van der Waals surface area contributed by atoms with Crippen LogP contribution in [0.1, 0.15) is 55.7 Å². The number of nitrogens with zero attached hydrogens (tertiary/aromatic N) is 1. The van der Waals surface area contributed by atoms with Gasteiger partial charge >= 0.3 is 0 Å². The van der Waals surface area contributed by atoms with Gasteiger partial charge in [-0.3, -0.25) is 0 Å². The Hall–Kier alpha value is -0.830. The molecule has 84 valence electrons. The quantitative estimate of drug-likeness (QED) is 0.777. The van der Waals surface area contributed by atoms with Crippen molar-refractivity contribution < 1.29 is 4.52 Å². The van der Waals surface area contributed by atoms with Gasteiger partial charge in [-0.15, -0.1) is 0 Å². The molecular formula is C12H20N2O. The summed E-state index contributed by atoms with van der Waals surface area (Å²) in [6, 6.07) is 0. The van der Waals surface area contributed by atoms with Crippen molar-refractivity contribution in [1.29, 1.82) is 0 Å². The summed E-state index contributed by atoms with van der Waals surface area (Å²) in [5.74, 6) is 0.667. The van der Waals surface area contributed by atoms with Crippen molar-refractivity contribution >= 4 is 0 Å². The molecule has 0 spiro atoms. The summed E-state index contributed by atoms with van der Waals surface area (Å²) in [4.78, 5) is 0. The van der Waals surface area contributed by atoms with E-state index in [-0.39, 0.29) is 0 Å². The smallest absolute Gasteiger partial charge is 0.127 e. The fourth-order valence-corrected chi connectivity index (χ4v) is 2.52. The molecule has 0 aromatic carbocycles. The minimum Gasteiger partial charge on any atom is -0.364 e. The van der Waals surface area contributed by atoms with Gasteiger partial charge in [-0.2, -0.15) is 0 Å². The second kappa shape index (κ2) is 5.31. The summed E-state index contributed by atoms with van der Waals surface area (Å²) in [7, 11) is 0. The lowest BCUT2D eigenvalue weighted by molar-refractivity contribution is 0.410. The molecule has 1 fully saturated rings. The first-order valence-electron chi connectivity index (χ1n) is 6.05. The van der Waals surface area contributed by atoms with Crippen molar-refractivity contribution in [2.45, 2.75) is 50.9 Å². The van der Waals surface area contributed by atoms with Gasteiger partial charge in [0.25, 0.3) is 0 Å². The zero-order valence-electron chi connectivity index (χ0n) is 9.24. The zero-order chi connectivity index (χ0) is 10.5. The topological polar surface area (TPSA) is 52.0 Å². The molecule has 0 saturated heterocycles. The SMILES string of the molecule is NCCc1nocc1C1CCCCCC1. The van der Waals surface area contributed by atoms with Gasteiger partial charge in [-0.05, 0) is 25.3 Å². The average molecular weight is 208 g/mol. The minimum absolute atomic E-state index is 0.659. The lowest BCUT2D eigenvalue weighted by atomic mass is 9.91. The Bertz CT molecular complexity index is 288. The lowest BCUT2D eigenvalue weighted by Gasteiger charge is -2.12. The van der Waals surface area contributed by atoms with Crippen LogP contribution in [0.25, 0.3) is 0 Å². The highest BCUT2D eigenvalue weighted by atomic mass is 16.5. The van der Waals surface area contributed by atoms with Crippen molar-refractivity contribution in [1.82, 2.24) is 5.16 Å². The van der Waals surface area contributed by atoms with Crippen LogP contribution in [0.3, 0.4) is 0 Å². The number of aromatic nitrogens is 1. The molecule has 0 radical (unpaired) electrons. The van der Waals surface area contributed by atoms with E-state index in [2.05, 4.69) is 5.16 Å². The number of hydrogen-bond acceptors (Lipinski definition) is 3. The Morgan fingerprint density at radius 1 is 1.27 bits per heavy atom. The number of nitrogens with two attached hydrogens (primary N) is 1. The third kappa shape index (κ3) is 2.59. The summed E-state index contributed by atoms with van der Waals surface area (Å²) in [6.07, 6.45) is 10.7. The molecule has 0 amide bonds. The van der Waals surface area contributed by atoms with Crippen LogP contribution in [0.15, 0.2) is 10.8 Å². The molecule has 1 aromatic heterocycles. The Morgan fingerprint density at radius 2 is 2.00 bits per heavy atom. The van der Waals surface area contributed by atoms with Crippen LogP contribution in [-0.2, 0) is 6.42 Å². The fourth-order valence-electron chi connectivity index (χ4n) is 2.52. The maximum absolute atomic E-state index is 5.57. The minimum atomic E-state index is 0.659. The van der Waals surface area contributed by atoms with Gasteiger partial charge in [0.2, 0.25) is 0 Å². The van der Waals surface area contributed by atoms with Crippen LogP contribution in [-0.4, -0.2) is 11.7 Å². The van der Waals surface area contributed by atoms with E-state index in [0.717, 1.165) is 12.1 Å². The summed E-state index contributed by atoms with van der Waals surface area (Å²) in [6.45, 7) is 0.659. The molecule has 0 atom stereocenters. The predicted octanol–water partition coefficient (Wildman–Crippen LogP) is 2.61. The molecule has 0 bridgehead atoms. The maximum atomic E-state index is 5.57.